The molecule has 0 spiro atoms. The highest BCUT2D eigenvalue weighted by molar-refractivity contribution is 5.86. The molecule has 0 radical (unpaired) electrons. The van der Waals surface area contributed by atoms with Gasteiger partial charge in [-0.05, 0) is 36.8 Å². The molecule has 1 unspecified atom stereocenters. The van der Waals surface area contributed by atoms with Gasteiger partial charge in [0, 0.05) is 36.3 Å². The van der Waals surface area contributed by atoms with Crippen LogP contribution in [-0.4, -0.2) is 35.3 Å². The van der Waals surface area contributed by atoms with E-state index in [2.05, 4.69) is 40.7 Å². The highest BCUT2D eigenvalue weighted by atomic mass is 16.3. The van der Waals surface area contributed by atoms with Crippen molar-refractivity contribution in [3.05, 3.63) is 35.5 Å². The van der Waals surface area contributed by atoms with E-state index in [1.54, 1.807) is 0 Å². The molecule has 2 aromatic rings. The summed E-state index contributed by atoms with van der Waals surface area (Å²) in [6, 6.07) is 6.20. The first-order valence-corrected chi connectivity index (χ1v) is 8.42. The average molecular weight is 317 g/mol. The Morgan fingerprint density at radius 2 is 2.13 bits per heavy atom. The Morgan fingerprint density at radius 1 is 1.30 bits per heavy atom. The van der Waals surface area contributed by atoms with Gasteiger partial charge in [0.1, 0.15) is 0 Å². The van der Waals surface area contributed by atoms with Crippen molar-refractivity contribution in [1.29, 1.82) is 0 Å². The van der Waals surface area contributed by atoms with Gasteiger partial charge in [-0.25, -0.2) is 4.79 Å². The molecule has 1 atom stereocenters. The fraction of sp³-hybridized carbons (Fsp3) is 0.500. The summed E-state index contributed by atoms with van der Waals surface area (Å²) in [6.45, 7) is 4.83. The van der Waals surface area contributed by atoms with Crippen LogP contribution < -0.4 is 10.6 Å². The van der Waals surface area contributed by atoms with Crippen molar-refractivity contribution >= 4 is 16.9 Å². The van der Waals surface area contributed by atoms with Gasteiger partial charge in [-0.3, -0.25) is 0 Å². The Bertz CT molecular complexity index is 636. The fourth-order valence-corrected chi connectivity index (χ4v) is 2.86. The van der Waals surface area contributed by atoms with Gasteiger partial charge in [0.15, 0.2) is 0 Å². The largest absolute Gasteiger partial charge is 0.396 e. The number of amides is 2. The number of para-hydroxylation sites is 1. The molecular formula is C18H27N3O2. The lowest BCUT2D eigenvalue weighted by Crippen LogP contribution is -2.42. The first kappa shape index (κ1) is 17.3. The van der Waals surface area contributed by atoms with Gasteiger partial charge in [0.2, 0.25) is 0 Å². The number of aromatic amines is 1. The Kier molecular flexibility index (Phi) is 6.47. The lowest BCUT2D eigenvalue weighted by atomic mass is 10.1. The predicted molar refractivity (Wildman–Crippen MR) is 93.7 cm³/mol. The molecule has 2 amide bonds. The van der Waals surface area contributed by atoms with Crippen LogP contribution in [0.15, 0.2) is 24.4 Å². The van der Waals surface area contributed by atoms with E-state index in [0.717, 1.165) is 19.3 Å². The van der Waals surface area contributed by atoms with Gasteiger partial charge in [-0.1, -0.05) is 32.0 Å². The molecule has 0 aliphatic rings. The van der Waals surface area contributed by atoms with E-state index in [0.29, 0.717) is 13.0 Å². The van der Waals surface area contributed by atoms with Crippen molar-refractivity contribution in [2.75, 3.05) is 13.2 Å². The zero-order valence-corrected chi connectivity index (χ0v) is 14.0. The Balaban J connectivity index is 1.88. The van der Waals surface area contributed by atoms with Crippen LogP contribution in [0.3, 0.4) is 0 Å². The third-order valence-electron chi connectivity index (χ3n) is 4.25. The SMILES string of the molecule is CCc1cccc2c(CCNC(=O)NC(CC)CCO)c[nH]c12. The zero-order chi connectivity index (χ0) is 16.7. The standard InChI is InChI=1S/C18H27N3O2/c1-3-13-6-5-7-16-14(12-20-17(13)16)8-10-19-18(23)21-15(4-2)9-11-22/h5-7,12,15,20,22H,3-4,8-11H2,1-2H3,(H2,19,21,23). The number of rotatable bonds is 8. The minimum absolute atomic E-state index is 0.0280. The van der Waals surface area contributed by atoms with E-state index in [-0.39, 0.29) is 18.7 Å². The third-order valence-corrected chi connectivity index (χ3v) is 4.25. The van der Waals surface area contributed by atoms with Crippen LogP contribution in [0.5, 0.6) is 0 Å². The van der Waals surface area contributed by atoms with Gasteiger partial charge < -0.3 is 20.7 Å². The summed E-state index contributed by atoms with van der Waals surface area (Å²) < 4.78 is 0. The highest BCUT2D eigenvalue weighted by Gasteiger charge is 2.10. The van der Waals surface area contributed by atoms with Crippen molar-refractivity contribution in [2.45, 2.75) is 45.6 Å². The maximum absolute atomic E-state index is 11.9. The molecule has 0 aliphatic heterocycles. The minimum Gasteiger partial charge on any atom is -0.396 e. The molecule has 4 N–H and O–H groups in total. The van der Waals surface area contributed by atoms with Crippen LogP contribution in [0.25, 0.3) is 10.9 Å². The smallest absolute Gasteiger partial charge is 0.315 e. The number of benzene rings is 1. The van der Waals surface area contributed by atoms with Crippen LogP contribution in [0, 0.1) is 0 Å². The molecule has 0 bridgehead atoms. The van der Waals surface area contributed by atoms with E-state index in [4.69, 9.17) is 5.11 Å². The van der Waals surface area contributed by atoms with E-state index < -0.39 is 0 Å². The summed E-state index contributed by atoms with van der Waals surface area (Å²) in [7, 11) is 0. The van der Waals surface area contributed by atoms with Crippen molar-refractivity contribution < 1.29 is 9.90 Å². The molecule has 0 aliphatic carbocycles. The van der Waals surface area contributed by atoms with Crippen molar-refractivity contribution in [2.24, 2.45) is 0 Å². The fourth-order valence-electron chi connectivity index (χ4n) is 2.86. The maximum atomic E-state index is 11.9. The Hall–Kier alpha value is -2.01. The van der Waals surface area contributed by atoms with Crippen molar-refractivity contribution in [3.8, 4) is 0 Å². The number of nitrogens with one attached hydrogen (secondary N) is 3. The van der Waals surface area contributed by atoms with Crippen LogP contribution in [0.1, 0.15) is 37.8 Å². The molecule has 126 valence electrons. The highest BCUT2D eigenvalue weighted by Crippen LogP contribution is 2.22. The number of urea groups is 1. The summed E-state index contributed by atoms with van der Waals surface area (Å²) in [5, 5.41) is 16.0. The number of aliphatic hydroxyl groups is 1. The zero-order valence-electron chi connectivity index (χ0n) is 14.0. The van der Waals surface area contributed by atoms with Crippen LogP contribution in [0.2, 0.25) is 0 Å². The van der Waals surface area contributed by atoms with Gasteiger partial charge in [-0.2, -0.15) is 0 Å². The maximum Gasteiger partial charge on any atom is 0.315 e. The lowest BCUT2D eigenvalue weighted by Gasteiger charge is -2.16. The van der Waals surface area contributed by atoms with Gasteiger partial charge in [0.05, 0.1) is 0 Å². The molecule has 2 rings (SSSR count). The second kappa shape index (κ2) is 8.58. The van der Waals surface area contributed by atoms with E-state index in [1.165, 1.54) is 22.0 Å². The summed E-state index contributed by atoms with van der Waals surface area (Å²) in [4.78, 5) is 15.2. The second-order valence-electron chi connectivity index (χ2n) is 5.77. The predicted octanol–water partition coefficient (Wildman–Crippen LogP) is 2.73. The molecule has 0 saturated heterocycles. The average Bonchev–Trinajstić information content (AvgIpc) is 2.97. The van der Waals surface area contributed by atoms with Crippen molar-refractivity contribution in [1.82, 2.24) is 15.6 Å². The number of carbonyl (C=O) groups excluding carboxylic acids is 1. The Morgan fingerprint density at radius 3 is 2.83 bits per heavy atom. The van der Waals surface area contributed by atoms with E-state index in [1.807, 2.05) is 13.1 Å². The quantitative estimate of drug-likeness (QED) is 0.604. The molecular weight excluding hydrogens is 290 g/mol. The van der Waals surface area contributed by atoms with Gasteiger partial charge >= 0.3 is 6.03 Å². The summed E-state index contributed by atoms with van der Waals surface area (Å²) in [5.41, 5.74) is 3.73. The third kappa shape index (κ3) is 4.48. The number of fused-ring (bicyclic) bond motifs is 1. The molecule has 1 aromatic heterocycles. The Labute approximate surface area is 137 Å². The van der Waals surface area contributed by atoms with E-state index >= 15 is 0 Å². The van der Waals surface area contributed by atoms with Crippen LogP contribution >= 0.6 is 0 Å². The number of hydrogen-bond donors (Lipinski definition) is 4. The molecule has 1 aromatic carbocycles. The first-order chi connectivity index (χ1) is 11.2. The number of hydrogen-bond acceptors (Lipinski definition) is 2. The summed E-state index contributed by atoms with van der Waals surface area (Å²) >= 11 is 0. The van der Waals surface area contributed by atoms with Crippen molar-refractivity contribution in [3.63, 3.8) is 0 Å². The van der Waals surface area contributed by atoms with Crippen LogP contribution in [0.4, 0.5) is 4.79 Å². The number of aliphatic hydroxyl groups excluding tert-OH is 1. The second-order valence-corrected chi connectivity index (χ2v) is 5.77. The molecule has 5 heteroatoms. The molecule has 1 heterocycles. The monoisotopic (exact) mass is 317 g/mol. The van der Waals surface area contributed by atoms with Gasteiger partial charge in [-0.15, -0.1) is 0 Å². The summed E-state index contributed by atoms with van der Waals surface area (Å²) in [6.07, 6.45) is 5.23. The molecule has 23 heavy (non-hydrogen) atoms. The van der Waals surface area contributed by atoms with Gasteiger partial charge in [0.25, 0.3) is 0 Å². The number of aryl methyl sites for hydroxylation is 1. The minimum atomic E-state index is -0.167. The number of carbonyl (C=O) groups is 1. The van der Waals surface area contributed by atoms with E-state index in [9.17, 15) is 4.79 Å². The number of aromatic nitrogens is 1. The molecule has 5 nitrogen and oxygen atoms in total. The lowest BCUT2D eigenvalue weighted by molar-refractivity contribution is 0.228. The summed E-state index contributed by atoms with van der Waals surface area (Å²) in [5.74, 6) is 0. The number of H-pyrrole nitrogens is 1. The topological polar surface area (TPSA) is 77.2 Å². The van der Waals surface area contributed by atoms with Crippen LogP contribution in [-0.2, 0) is 12.8 Å². The normalized spacial score (nSPS) is 12.3. The molecule has 0 saturated carbocycles. The molecule has 0 fully saturated rings. The first-order valence-electron chi connectivity index (χ1n) is 8.42.